The molecule has 0 atom stereocenters. The number of carbonyl (C=O) groups is 1. The van der Waals surface area contributed by atoms with E-state index < -0.39 is 11.7 Å². The zero-order valence-corrected chi connectivity index (χ0v) is 14.3. The van der Waals surface area contributed by atoms with Crippen molar-refractivity contribution in [1.29, 1.82) is 0 Å². The maximum Gasteiger partial charge on any atom is 0.417 e. The molecule has 0 N–H and O–H groups in total. The second kappa shape index (κ2) is 7.77. The van der Waals surface area contributed by atoms with Gasteiger partial charge in [-0.25, -0.2) is 9.37 Å². The first-order valence-electron chi connectivity index (χ1n) is 8.34. The molecular weight excluding hydrogens is 362 g/mol. The Balaban J connectivity index is 1.55. The molecule has 2 heterocycles. The summed E-state index contributed by atoms with van der Waals surface area (Å²) in [6.07, 6.45) is -0.545. The zero-order chi connectivity index (χ0) is 19.4. The van der Waals surface area contributed by atoms with Gasteiger partial charge in [-0.1, -0.05) is 12.1 Å². The van der Waals surface area contributed by atoms with Gasteiger partial charge in [0.2, 0.25) is 5.91 Å². The quantitative estimate of drug-likeness (QED) is 0.604. The molecule has 1 aromatic carbocycles. The van der Waals surface area contributed by atoms with Crippen LogP contribution in [0.5, 0.6) is 0 Å². The molecular formula is C19H17F4N3O. The van der Waals surface area contributed by atoms with E-state index in [2.05, 4.69) is 4.98 Å². The summed E-state index contributed by atoms with van der Waals surface area (Å²) in [5.41, 5.74) is -0.0664. The van der Waals surface area contributed by atoms with E-state index in [1.807, 2.05) is 4.90 Å². The summed E-state index contributed by atoms with van der Waals surface area (Å²) in [5.74, 6) is -0.0530. The van der Waals surface area contributed by atoms with E-state index in [4.69, 9.17) is 0 Å². The van der Waals surface area contributed by atoms with Crippen LogP contribution in [-0.2, 0) is 11.0 Å². The Kier molecular flexibility index (Phi) is 5.43. The lowest BCUT2D eigenvalue weighted by Gasteiger charge is -2.35. The number of halogens is 4. The number of nitrogens with zero attached hydrogens (tertiary/aromatic N) is 3. The molecule has 1 saturated heterocycles. The molecule has 142 valence electrons. The van der Waals surface area contributed by atoms with Crippen LogP contribution in [0.15, 0.2) is 48.7 Å². The number of piperazine rings is 1. The van der Waals surface area contributed by atoms with Crippen LogP contribution < -0.4 is 4.90 Å². The minimum Gasteiger partial charge on any atom is -0.353 e. The molecule has 4 nitrogen and oxygen atoms in total. The Labute approximate surface area is 153 Å². The molecule has 3 rings (SSSR count). The molecule has 1 aromatic heterocycles. The second-order valence-corrected chi connectivity index (χ2v) is 6.10. The number of carbonyl (C=O) groups excluding carboxylic acids is 1. The Morgan fingerprint density at radius 3 is 2.22 bits per heavy atom. The zero-order valence-electron chi connectivity index (χ0n) is 14.3. The number of aromatic nitrogens is 1. The van der Waals surface area contributed by atoms with E-state index in [0.29, 0.717) is 32.0 Å². The van der Waals surface area contributed by atoms with E-state index in [9.17, 15) is 22.4 Å². The van der Waals surface area contributed by atoms with E-state index in [1.54, 1.807) is 23.1 Å². The van der Waals surface area contributed by atoms with Crippen molar-refractivity contribution in [3.63, 3.8) is 0 Å². The fraction of sp³-hybridized carbons (Fsp3) is 0.263. The van der Waals surface area contributed by atoms with Crippen molar-refractivity contribution >= 4 is 17.8 Å². The SMILES string of the molecule is O=C(/C=C/c1ccc(F)cc1)N1CCN(c2ccc(C(F)(F)F)cn2)CC1. The molecule has 0 saturated carbocycles. The second-order valence-electron chi connectivity index (χ2n) is 6.10. The third-order valence-corrected chi connectivity index (χ3v) is 4.28. The smallest absolute Gasteiger partial charge is 0.353 e. The van der Waals surface area contributed by atoms with Crippen molar-refractivity contribution < 1.29 is 22.4 Å². The Hall–Kier alpha value is -2.90. The molecule has 27 heavy (non-hydrogen) atoms. The van der Waals surface area contributed by atoms with Gasteiger partial charge >= 0.3 is 6.18 Å². The Bertz CT molecular complexity index is 808. The van der Waals surface area contributed by atoms with Crippen molar-refractivity contribution in [3.8, 4) is 0 Å². The molecule has 8 heteroatoms. The average molecular weight is 379 g/mol. The van der Waals surface area contributed by atoms with Crippen molar-refractivity contribution in [2.75, 3.05) is 31.1 Å². The molecule has 0 aliphatic carbocycles. The van der Waals surface area contributed by atoms with Crippen LogP contribution >= 0.6 is 0 Å². The molecule has 0 spiro atoms. The molecule has 1 fully saturated rings. The number of rotatable bonds is 3. The first kappa shape index (κ1) is 18.9. The van der Waals surface area contributed by atoms with Crippen LogP contribution in [0.25, 0.3) is 6.08 Å². The van der Waals surface area contributed by atoms with Gasteiger partial charge in [0.15, 0.2) is 0 Å². The van der Waals surface area contributed by atoms with E-state index in [1.165, 1.54) is 24.3 Å². The Morgan fingerprint density at radius 1 is 1.00 bits per heavy atom. The summed E-state index contributed by atoms with van der Waals surface area (Å²) < 4.78 is 50.7. The van der Waals surface area contributed by atoms with Gasteiger partial charge in [0.05, 0.1) is 5.56 Å². The summed E-state index contributed by atoms with van der Waals surface area (Å²) in [5, 5.41) is 0. The predicted molar refractivity (Wildman–Crippen MR) is 93.5 cm³/mol. The van der Waals surface area contributed by atoms with E-state index in [0.717, 1.165) is 17.8 Å². The fourth-order valence-corrected chi connectivity index (χ4v) is 2.74. The highest BCUT2D eigenvalue weighted by atomic mass is 19.4. The average Bonchev–Trinajstić information content (AvgIpc) is 2.67. The van der Waals surface area contributed by atoms with Gasteiger partial charge in [0.25, 0.3) is 0 Å². The highest BCUT2D eigenvalue weighted by Crippen LogP contribution is 2.29. The van der Waals surface area contributed by atoms with Gasteiger partial charge in [-0.15, -0.1) is 0 Å². The monoisotopic (exact) mass is 379 g/mol. The van der Waals surface area contributed by atoms with Crippen LogP contribution in [0.1, 0.15) is 11.1 Å². The lowest BCUT2D eigenvalue weighted by Crippen LogP contribution is -2.48. The highest BCUT2D eigenvalue weighted by molar-refractivity contribution is 5.91. The van der Waals surface area contributed by atoms with Crippen LogP contribution in [0.4, 0.5) is 23.4 Å². The van der Waals surface area contributed by atoms with Gasteiger partial charge < -0.3 is 9.80 Å². The van der Waals surface area contributed by atoms with Crippen LogP contribution in [-0.4, -0.2) is 42.0 Å². The summed E-state index contributed by atoms with van der Waals surface area (Å²) in [6, 6.07) is 8.14. The van der Waals surface area contributed by atoms with Gasteiger partial charge in [-0.05, 0) is 35.9 Å². The number of anilines is 1. The van der Waals surface area contributed by atoms with Crippen molar-refractivity contribution in [2.45, 2.75) is 6.18 Å². The first-order valence-corrected chi connectivity index (χ1v) is 8.34. The molecule has 1 aliphatic rings. The normalized spacial score (nSPS) is 15.4. The number of pyridine rings is 1. The van der Waals surface area contributed by atoms with Crippen LogP contribution in [0.3, 0.4) is 0 Å². The first-order chi connectivity index (χ1) is 12.8. The molecule has 2 aromatic rings. The highest BCUT2D eigenvalue weighted by Gasteiger charge is 2.31. The standard InChI is InChI=1S/C19H17F4N3O/c20-16-5-1-14(2-6-16)3-8-18(27)26-11-9-25(10-12-26)17-7-4-15(13-24-17)19(21,22)23/h1-8,13H,9-12H2/b8-3+. The molecule has 0 unspecified atom stereocenters. The lowest BCUT2D eigenvalue weighted by atomic mass is 10.2. The molecule has 1 amide bonds. The van der Waals surface area contributed by atoms with Crippen LogP contribution in [0.2, 0.25) is 0 Å². The Morgan fingerprint density at radius 2 is 1.67 bits per heavy atom. The number of amides is 1. The van der Waals surface area contributed by atoms with Crippen molar-refractivity contribution in [2.24, 2.45) is 0 Å². The van der Waals surface area contributed by atoms with Crippen molar-refractivity contribution in [3.05, 3.63) is 65.6 Å². The van der Waals surface area contributed by atoms with Gasteiger partial charge in [0, 0.05) is 38.5 Å². The van der Waals surface area contributed by atoms with Gasteiger partial charge in [0.1, 0.15) is 11.6 Å². The van der Waals surface area contributed by atoms with Gasteiger partial charge in [-0.3, -0.25) is 4.79 Å². The molecule has 0 bridgehead atoms. The van der Waals surface area contributed by atoms with Crippen molar-refractivity contribution in [1.82, 2.24) is 9.88 Å². The third kappa shape index (κ3) is 4.84. The van der Waals surface area contributed by atoms with Gasteiger partial charge in [-0.2, -0.15) is 13.2 Å². The summed E-state index contributed by atoms with van der Waals surface area (Å²) in [7, 11) is 0. The lowest BCUT2D eigenvalue weighted by molar-refractivity contribution is -0.137. The van der Waals surface area contributed by atoms with Crippen LogP contribution in [0, 0.1) is 5.82 Å². The molecule has 1 aliphatic heterocycles. The number of benzene rings is 1. The minimum atomic E-state index is -4.41. The minimum absolute atomic E-state index is 0.167. The third-order valence-electron chi connectivity index (χ3n) is 4.28. The maximum atomic E-state index is 12.9. The maximum absolute atomic E-state index is 12.9. The topological polar surface area (TPSA) is 36.4 Å². The number of alkyl halides is 3. The number of hydrogen-bond acceptors (Lipinski definition) is 3. The fourth-order valence-electron chi connectivity index (χ4n) is 2.74. The summed E-state index contributed by atoms with van der Waals surface area (Å²) >= 11 is 0. The largest absolute Gasteiger partial charge is 0.417 e. The predicted octanol–water partition coefficient (Wildman–Crippen LogP) is 3.60. The summed E-state index contributed by atoms with van der Waals surface area (Å²) in [4.78, 5) is 19.6. The number of hydrogen-bond donors (Lipinski definition) is 0. The van der Waals surface area contributed by atoms with E-state index >= 15 is 0 Å². The van der Waals surface area contributed by atoms with E-state index in [-0.39, 0.29) is 11.7 Å². The molecule has 0 radical (unpaired) electrons. The summed E-state index contributed by atoms with van der Waals surface area (Å²) in [6.45, 7) is 1.84.